The Bertz CT molecular complexity index is 903. The van der Waals surface area contributed by atoms with Gasteiger partial charge in [-0.1, -0.05) is 30.6 Å². The number of hydrogen-bond acceptors (Lipinski definition) is 5. The van der Waals surface area contributed by atoms with Gasteiger partial charge in [-0.2, -0.15) is 0 Å². The van der Waals surface area contributed by atoms with E-state index in [4.69, 9.17) is 25.6 Å². The molecule has 3 rings (SSSR count). The summed E-state index contributed by atoms with van der Waals surface area (Å²) in [5, 5.41) is 5.42. The largest absolute Gasteiger partial charge is 0.495 e. The molecule has 0 saturated carbocycles. The lowest BCUT2D eigenvalue weighted by Gasteiger charge is -2.15. The number of fused-ring (bicyclic) bond motifs is 1. The van der Waals surface area contributed by atoms with Gasteiger partial charge in [0.15, 0.2) is 0 Å². The SMILES string of the molecule is COc1ccc2c(OC(C)C)cc(-c3cc(C(C)C)on3)nc2c1Cl. The van der Waals surface area contributed by atoms with Crippen LogP contribution in [0, 0.1) is 0 Å². The number of benzene rings is 1. The lowest BCUT2D eigenvalue weighted by atomic mass is 10.1. The van der Waals surface area contributed by atoms with Crippen LogP contribution in [-0.4, -0.2) is 23.4 Å². The van der Waals surface area contributed by atoms with Gasteiger partial charge in [0.05, 0.1) is 24.4 Å². The summed E-state index contributed by atoms with van der Waals surface area (Å²) in [6, 6.07) is 7.47. The molecule has 0 radical (unpaired) electrons. The average Bonchev–Trinajstić information content (AvgIpc) is 3.05. The number of nitrogens with zero attached hydrogens (tertiary/aromatic N) is 2. The molecule has 0 fully saturated rings. The molecule has 0 unspecified atom stereocenters. The maximum Gasteiger partial charge on any atom is 0.139 e. The van der Waals surface area contributed by atoms with Crippen molar-refractivity contribution in [1.29, 1.82) is 0 Å². The van der Waals surface area contributed by atoms with Crippen LogP contribution in [0.1, 0.15) is 39.4 Å². The quantitative estimate of drug-likeness (QED) is 0.604. The molecule has 0 aliphatic carbocycles. The third kappa shape index (κ3) is 3.42. The fourth-order valence-electron chi connectivity index (χ4n) is 2.53. The molecule has 0 N–H and O–H groups in total. The first kappa shape index (κ1) is 17.5. The minimum atomic E-state index is 0.0165. The molecule has 3 aromatic rings. The lowest BCUT2D eigenvalue weighted by Crippen LogP contribution is -2.06. The second-order valence-electron chi connectivity index (χ2n) is 6.42. The summed E-state index contributed by atoms with van der Waals surface area (Å²) < 4.78 is 16.7. The molecule has 2 heterocycles. The lowest BCUT2D eigenvalue weighted by molar-refractivity contribution is 0.245. The third-order valence-electron chi connectivity index (χ3n) is 3.79. The van der Waals surface area contributed by atoms with Gasteiger partial charge in [-0.3, -0.25) is 0 Å². The van der Waals surface area contributed by atoms with Crippen LogP contribution in [0.5, 0.6) is 11.5 Å². The summed E-state index contributed by atoms with van der Waals surface area (Å²) >= 11 is 6.48. The Hall–Kier alpha value is -2.27. The second kappa shape index (κ2) is 6.92. The average molecular weight is 361 g/mol. The molecule has 6 heteroatoms. The van der Waals surface area contributed by atoms with Crippen LogP contribution in [0.2, 0.25) is 5.02 Å². The van der Waals surface area contributed by atoms with E-state index in [1.54, 1.807) is 7.11 Å². The van der Waals surface area contributed by atoms with E-state index in [0.717, 1.165) is 11.1 Å². The van der Waals surface area contributed by atoms with Gasteiger partial charge in [0.25, 0.3) is 0 Å². The zero-order valence-corrected chi connectivity index (χ0v) is 15.7. The molecule has 0 amide bonds. The van der Waals surface area contributed by atoms with Gasteiger partial charge < -0.3 is 14.0 Å². The number of ether oxygens (including phenoxy) is 2. The van der Waals surface area contributed by atoms with Crippen LogP contribution in [0.15, 0.2) is 28.8 Å². The van der Waals surface area contributed by atoms with Crippen LogP contribution in [-0.2, 0) is 0 Å². The summed E-state index contributed by atoms with van der Waals surface area (Å²) in [5.74, 6) is 2.32. The molecule has 0 spiro atoms. The van der Waals surface area contributed by atoms with Crippen molar-refractivity contribution in [3.8, 4) is 22.9 Å². The molecule has 1 aromatic carbocycles. The Balaban J connectivity index is 2.22. The highest BCUT2D eigenvalue weighted by molar-refractivity contribution is 6.36. The van der Waals surface area contributed by atoms with Crippen molar-refractivity contribution in [2.75, 3.05) is 7.11 Å². The van der Waals surface area contributed by atoms with Gasteiger partial charge >= 0.3 is 0 Å². The number of hydrogen-bond donors (Lipinski definition) is 0. The molecule has 5 nitrogen and oxygen atoms in total. The molecule has 25 heavy (non-hydrogen) atoms. The Kier molecular flexibility index (Phi) is 4.86. The normalized spacial score (nSPS) is 11.5. The van der Waals surface area contributed by atoms with Gasteiger partial charge in [-0.15, -0.1) is 0 Å². The van der Waals surface area contributed by atoms with E-state index in [2.05, 4.69) is 10.1 Å². The van der Waals surface area contributed by atoms with E-state index in [1.807, 2.05) is 52.0 Å². The van der Waals surface area contributed by atoms with Gasteiger partial charge in [-0.25, -0.2) is 4.98 Å². The minimum absolute atomic E-state index is 0.0165. The maximum atomic E-state index is 6.48. The maximum absolute atomic E-state index is 6.48. The van der Waals surface area contributed by atoms with E-state index >= 15 is 0 Å². The Morgan fingerprint density at radius 2 is 1.80 bits per heavy atom. The predicted octanol–water partition coefficient (Wildman–Crippen LogP) is 5.46. The Morgan fingerprint density at radius 1 is 1.04 bits per heavy atom. The Labute approximate surface area is 151 Å². The zero-order valence-electron chi connectivity index (χ0n) is 15.0. The summed E-state index contributed by atoms with van der Waals surface area (Å²) in [7, 11) is 1.58. The fraction of sp³-hybridized carbons (Fsp3) is 0.368. The van der Waals surface area contributed by atoms with E-state index in [0.29, 0.717) is 33.4 Å². The molecule has 0 atom stereocenters. The molecule has 0 aliphatic rings. The summed E-state index contributed by atoms with van der Waals surface area (Å²) in [5.41, 5.74) is 1.91. The third-order valence-corrected chi connectivity index (χ3v) is 4.15. The first-order chi connectivity index (χ1) is 11.9. The molecule has 2 aromatic heterocycles. The van der Waals surface area contributed by atoms with Crippen molar-refractivity contribution >= 4 is 22.5 Å². The van der Waals surface area contributed by atoms with Crippen LogP contribution in [0.4, 0.5) is 0 Å². The highest BCUT2D eigenvalue weighted by atomic mass is 35.5. The van der Waals surface area contributed by atoms with E-state index in [1.165, 1.54) is 0 Å². The molecule has 0 saturated heterocycles. The number of pyridine rings is 1. The second-order valence-corrected chi connectivity index (χ2v) is 6.80. The standard InChI is InChI=1S/C19H21ClN2O3/c1-10(2)16-9-14(22-25-16)13-8-17(24-11(3)4)12-6-7-15(23-5)18(20)19(12)21-13/h6-11H,1-5H3. The fourth-order valence-corrected chi connectivity index (χ4v) is 2.82. The van der Waals surface area contributed by atoms with Crippen molar-refractivity contribution in [2.24, 2.45) is 0 Å². The van der Waals surface area contributed by atoms with Crippen molar-refractivity contribution < 1.29 is 14.0 Å². The van der Waals surface area contributed by atoms with Crippen LogP contribution < -0.4 is 9.47 Å². The number of methoxy groups -OCH3 is 1. The van der Waals surface area contributed by atoms with Gasteiger partial charge in [-0.05, 0) is 26.0 Å². The van der Waals surface area contributed by atoms with Gasteiger partial charge in [0.2, 0.25) is 0 Å². The van der Waals surface area contributed by atoms with Crippen molar-refractivity contribution in [3.63, 3.8) is 0 Å². The highest BCUT2D eigenvalue weighted by Gasteiger charge is 2.17. The number of rotatable bonds is 5. The Morgan fingerprint density at radius 3 is 2.40 bits per heavy atom. The van der Waals surface area contributed by atoms with Crippen molar-refractivity contribution in [3.05, 3.63) is 35.0 Å². The van der Waals surface area contributed by atoms with Crippen molar-refractivity contribution in [1.82, 2.24) is 10.1 Å². The molecule has 132 valence electrons. The van der Waals surface area contributed by atoms with E-state index in [9.17, 15) is 0 Å². The minimum Gasteiger partial charge on any atom is -0.495 e. The van der Waals surface area contributed by atoms with Crippen LogP contribution in [0.25, 0.3) is 22.3 Å². The van der Waals surface area contributed by atoms with Crippen LogP contribution >= 0.6 is 11.6 Å². The number of aromatic nitrogens is 2. The first-order valence-electron chi connectivity index (χ1n) is 8.21. The molecular formula is C19H21ClN2O3. The topological polar surface area (TPSA) is 57.4 Å². The summed E-state index contributed by atoms with van der Waals surface area (Å²) in [6.45, 7) is 8.05. The molecule has 0 bridgehead atoms. The monoisotopic (exact) mass is 360 g/mol. The van der Waals surface area contributed by atoms with E-state index < -0.39 is 0 Å². The number of halogens is 1. The zero-order chi connectivity index (χ0) is 18.1. The predicted molar refractivity (Wildman–Crippen MR) is 98.7 cm³/mol. The first-order valence-corrected chi connectivity index (χ1v) is 8.59. The molecular weight excluding hydrogens is 340 g/mol. The summed E-state index contributed by atoms with van der Waals surface area (Å²) in [4.78, 5) is 4.68. The van der Waals surface area contributed by atoms with Gasteiger partial charge in [0.1, 0.15) is 28.0 Å². The smallest absolute Gasteiger partial charge is 0.139 e. The van der Waals surface area contributed by atoms with Crippen molar-refractivity contribution in [2.45, 2.75) is 39.7 Å². The van der Waals surface area contributed by atoms with E-state index in [-0.39, 0.29) is 12.0 Å². The highest BCUT2D eigenvalue weighted by Crippen LogP contribution is 2.38. The molecule has 0 aliphatic heterocycles. The summed E-state index contributed by atoms with van der Waals surface area (Å²) in [6.07, 6.45) is 0.0165. The van der Waals surface area contributed by atoms with Crippen LogP contribution in [0.3, 0.4) is 0 Å². The van der Waals surface area contributed by atoms with Gasteiger partial charge in [0, 0.05) is 23.4 Å².